The molecule has 16 heavy (non-hydrogen) atoms. The van der Waals surface area contributed by atoms with E-state index < -0.39 is 11.7 Å². The highest BCUT2D eigenvalue weighted by molar-refractivity contribution is 5.77. The van der Waals surface area contributed by atoms with Crippen LogP contribution in [0, 0.1) is 0 Å². The summed E-state index contributed by atoms with van der Waals surface area (Å²) in [5.74, 6) is -0.131. The second-order valence-corrected chi connectivity index (χ2v) is 4.62. The standard InChI is InChI=1S/C10H18N2O4/c1-10(2,3)16-9(14)12-5-7-4-11-8(13)6-15-7/h7H,4-6H2,1-3H3,(H,11,13)(H,12,14). The Balaban J connectivity index is 2.19. The average Bonchev–Trinajstić information content (AvgIpc) is 2.14. The van der Waals surface area contributed by atoms with Crippen LogP contribution < -0.4 is 10.6 Å². The van der Waals surface area contributed by atoms with Crippen molar-refractivity contribution in [1.82, 2.24) is 10.6 Å². The van der Waals surface area contributed by atoms with Gasteiger partial charge in [0, 0.05) is 13.1 Å². The van der Waals surface area contributed by atoms with E-state index in [1.165, 1.54) is 0 Å². The van der Waals surface area contributed by atoms with Gasteiger partial charge in [0.1, 0.15) is 12.2 Å². The van der Waals surface area contributed by atoms with E-state index in [1.54, 1.807) is 20.8 Å². The lowest BCUT2D eigenvalue weighted by atomic mass is 10.2. The number of morpholine rings is 1. The molecule has 2 amide bonds. The third kappa shape index (κ3) is 4.97. The molecule has 0 bridgehead atoms. The summed E-state index contributed by atoms with van der Waals surface area (Å²) < 4.78 is 10.2. The molecule has 1 aliphatic heterocycles. The van der Waals surface area contributed by atoms with E-state index in [9.17, 15) is 9.59 Å². The molecule has 1 aliphatic rings. The van der Waals surface area contributed by atoms with E-state index >= 15 is 0 Å². The summed E-state index contributed by atoms with van der Waals surface area (Å²) in [4.78, 5) is 22.1. The van der Waals surface area contributed by atoms with Crippen molar-refractivity contribution in [1.29, 1.82) is 0 Å². The van der Waals surface area contributed by atoms with Crippen LogP contribution >= 0.6 is 0 Å². The summed E-state index contributed by atoms with van der Waals surface area (Å²) in [6.07, 6.45) is -0.668. The largest absolute Gasteiger partial charge is 0.444 e. The van der Waals surface area contributed by atoms with Crippen LogP contribution in [0.4, 0.5) is 4.79 Å². The van der Waals surface area contributed by atoms with E-state index in [0.29, 0.717) is 13.1 Å². The number of hydrogen-bond donors (Lipinski definition) is 2. The molecule has 1 unspecified atom stereocenters. The van der Waals surface area contributed by atoms with Gasteiger partial charge < -0.3 is 20.1 Å². The Kier molecular flexibility index (Phi) is 4.12. The van der Waals surface area contributed by atoms with Gasteiger partial charge in [0.25, 0.3) is 0 Å². The van der Waals surface area contributed by atoms with Gasteiger partial charge in [-0.25, -0.2) is 4.79 Å². The predicted octanol–water partition coefficient (Wildman–Crippen LogP) is 0.0261. The summed E-state index contributed by atoms with van der Waals surface area (Å²) in [5.41, 5.74) is -0.508. The van der Waals surface area contributed by atoms with Crippen molar-refractivity contribution in [3.8, 4) is 0 Å². The van der Waals surface area contributed by atoms with Gasteiger partial charge in [-0.1, -0.05) is 0 Å². The molecule has 6 heteroatoms. The normalized spacial score (nSPS) is 21.2. The lowest BCUT2D eigenvalue weighted by Gasteiger charge is -2.24. The summed E-state index contributed by atoms with van der Waals surface area (Å²) in [6.45, 7) is 6.17. The molecule has 6 nitrogen and oxygen atoms in total. The first-order valence-electron chi connectivity index (χ1n) is 5.22. The number of ether oxygens (including phenoxy) is 2. The summed E-state index contributed by atoms with van der Waals surface area (Å²) >= 11 is 0. The molecule has 0 radical (unpaired) electrons. The maximum absolute atomic E-state index is 11.3. The molecule has 2 N–H and O–H groups in total. The molecular formula is C10H18N2O4. The smallest absolute Gasteiger partial charge is 0.407 e. The van der Waals surface area contributed by atoms with Crippen LogP contribution in [-0.4, -0.2) is 43.4 Å². The number of alkyl carbamates (subject to hydrolysis) is 1. The van der Waals surface area contributed by atoms with Gasteiger partial charge in [0.15, 0.2) is 0 Å². The fourth-order valence-electron chi connectivity index (χ4n) is 1.17. The molecule has 0 aliphatic carbocycles. The lowest BCUT2D eigenvalue weighted by Crippen LogP contribution is -2.48. The van der Waals surface area contributed by atoms with Gasteiger partial charge >= 0.3 is 6.09 Å². The number of carbonyl (C=O) groups excluding carboxylic acids is 2. The molecule has 1 atom stereocenters. The summed E-state index contributed by atoms with van der Waals surface area (Å²) in [6, 6.07) is 0. The van der Waals surface area contributed by atoms with Crippen molar-refractivity contribution >= 4 is 12.0 Å². The van der Waals surface area contributed by atoms with E-state index in [1.807, 2.05) is 0 Å². The first-order valence-corrected chi connectivity index (χ1v) is 5.22. The van der Waals surface area contributed by atoms with Crippen LogP contribution in [0.5, 0.6) is 0 Å². The molecule has 0 aromatic rings. The van der Waals surface area contributed by atoms with Crippen molar-refractivity contribution in [2.45, 2.75) is 32.5 Å². The van der Waals surface area contributed by atoms with Crippen LogP contribution in [0.2, 0.25) is 0 Å². The molecule has 1 saturated heterocycles. The topological polar surface area (TPSA) is 76.7 Å². The Labute approximate surface area is 94.7 Å². The van der Waals surface area contributed by atoms with Crippen molar-refractivity contribution < 1.29 is 19.1 Å². The molecular weight excluding hydrogens is 212 g/mol. The molecule has 0 saturated carbocycles. The van der Waals surface area contributed by atoms with E-state index in [0.717, 1.165) is 0 Å². The van der Waals surface area contributed by atoms with Crippen LogP contribution in [0.1, 0.15) is 20.8 Å². The fraction of sp³-hybridized carbons (Fsp3) is 0.800. The van der Waals surface area contributed by atoms with Crippen molar-refractivity contribution in [3.05, 3.63) is 0 Å². The fourth-order valence-corrected chi connectivity index (χ4v) is 1.17. The highest BCUT2D eigenvalue weighted by Gasteiger charge is 2.21. The Morgan fingerprint density at radius 2 is 2.31 bits per heavy atom. The van der Waals surface area contributed by atoms with Crippen LogP contribution in [0.25, 0.3) is 0 Å². The monoisotopic (exact) mass is 230 g/mol. The Hall–Kier alpha value is -1.30. The van der Waals surface area contributed by atoms with Crippen molar-refractivity contribution in [2.75, 3.05) is 19.7 Å². The van der Waals surface area contributed by atoms with Gasteiger partial charge in [-0.2, -0.15) is 0 Å². The van der Waals surface area contributed by atoms with Gasteiger partial charge in [-0.05, 0) is 20.8 Å². The number of amides is 2. The van der Waals surface area contributed by atoms with E-state index in [-0.39, 0.29) is 18.6 Å². The molecule has 1 fully saturated rings. The average molecular weight is 230 g/mol. The second kappa shape index (κ2) is 5.16. The maximum Gasteiger partial charge on any atom is 0.407 e. The molecule has 1 rings (SSSR count). The summed E-state index contributed by atoms with van der Waals surface area (Å²) in [5, 5.41) is 5.23. The number of nitrogens with one attached hydrogen (secondary N) is 2. The second-order valence-electron chi connectivity index (χ2n) is 4.62. The van der Waals surface area contributed by atoms with Crippen molar-refractivity contribution in [3.63, 3.8) is 0 Å². The third-order valence-corrected chi connectivity index (χ3v) is 1.85. The van der Waals surface area contributed by atoms with Crippen molar-refractivity contribution in [2.24, 2.45) is 0 Å². The third-order valence-electron chi connectivity index (χ3n) is 1.85. The maximum atomic E-state index is 11.3. The number of carbonyl (C=O) groups is 2. The highest BCUT2D eigenvalue weighted by atomic mass is 16.6. The molecule has 92 valence electrons. The Morgan fingerprint density at radius 3 is 2.81 bits per heavy atom. The summed E-state index contributed by atoms with van der Waals surface area (Å²) in [7, 11) is 0. The highest BCUT2D eigenvalue weighted by Crippen LogP contribution is 2.06. The van der Waals surface area contributed by atoms with Crippen LogP contribution in [0.15, 0.2) is 0 Å². The Bertz CT molecular complexity index is 262. The SMILES string of the molecule is CC(C)(C)OC(=O)NCC1CNC(=O)CO1. The first kappa shape index (κ1) is 12.8. The minimum atomic E-state index is -0.508. The lowest BCUT2D eigenvalue weighted by molar-refractivity contribution is -0.132. The number of hydrogen-bond acceptors (Lipinski definition) is 4. The van der Waals surface area contributed by atoms with Gasteiger partial charge in [0.05, 0.1) is 6.10 Å². The zero-order valence-corrected chi connectivity index (χ0v) is 9.83. The van der Waals surface area contributed by atoms with Gasteiger partial charge in [-0.3, -0.25) is 4.79 Å². The minimum Gasteiger partial charge on any atom is -0.444 e. The number of rotatable bonds is 2. The first-order chi connectivity index (χ1) is 7.37. The van der Waals surface area contributed by atoms with E-state index in [2.05, 4.69) is 10.6 Å². The quantitative estimate of drug-likeness (QED) is 0.701. The van der Waals surface area contributed by atoms with Gasteiger partial charge in [0.2, 0.25) is 5.91 Å². The van der Waals surface area contributed by atoms with Gasteiger partial charge in [-0.15, -0.1) is 0 Å². The minimum absolute atomic E-state index is 0.0423. The molecule has 0 aromatic heterocycles. The Morgan fingerprint density at radius 1 is 1.62 bits per heavy atom. The van der Waals surface area contributed by atoms with E-state index in [4.69, 9.17) is 9.47 Å². The zero-order chi connectivity index (χ0) is 12.2. The van der Waals surface area contributed by atoms with Crippen LogP contribution in [0.3, 0.4) is 0 Å². The van der Waals surface area contributed by atoms with Crippen LogP contribution in [-0.2, 0) is 14.3 Å². The zero-order valence-electron chi connectivity index (χ0n) is 9.83. The molecule has 1 heterocycles. The molecule has 0 aromatic carbocycles. The molecule has 0 spiro atoms. The predicted molar refractivity (Wildman–Crippen MR) is 57.0 cm³/mol.